The maximum absolute atomic E-state index is 12.2. The molecule has 0 fully saturated rings. The lowest BCUT2D eigenvalue weighted by Gasteiger charge is -2.09. The van der Waals surface area contributed by atoms with Gasteiger partial charge in [-0.25, -0.2) is 0 Å². The van der Waals surface area contributed by atoms with Gasteiger partial charge < -0.3 is 24.8 Å². The molecule has 0 saturated carbocycles. The van der Waals surface area contributed by atoms with Gasteiger partial charge in [-0.1, -0.05) is 34.1 Å². The van der Waals surface area contributed by atoms with Crippen molar-refractivity contribution in [2.24, 2.45) is 0 Å². The molecule has 4 aromatic rings. The van der Waals surface area contributed by atoms with Crippen LogP contribution in [0.1, 0.15) is 19.3 Å². The number of para-hydroxylation sites is 1. The number of nitrogens with one attached hydrogen (secondary N) is 2. The van der Waals surface area contributed by atoms with Gasteiger partial charge in [0.2, 0.25) is 5.91 Å². The number of amides is 2. The molecule has 0 atom stereocenters. The molecule has 0 aliphatic rings. The summed E-state index contributed by atoms with van der Waals surface area (Å²) >= 11 is 3.38. The van der Waals surface area contributed by atoms with E-state index in [2.05, 4.69) is 26.6 Å². The molecule has 4 aromatic carbocycles. The van der Waals surface area contributed by atoms with Crippen LogP contribution in [0.3, 0.4) is 0 Å². The Kier molecular flexibility index (Phi) is 10.3. The molecule has 0 radical (unpaired) electrons. The molecular formula is C31H27BrN2O6. The van der Waals surface area contributed by atoms with E-state index in [0.717, 1.165) is 4.47 Å². The number of ether oxygens (including phenoxy) is 3. The van der Waals surface area contributed by atoms with Gasteiger partial charge >= 0.3 is 5.97 Å². The van der Waals surface area contributed by atoms with Crippen molar-refractivity contribution in [1.82, 2.24) is 0 Å². The predicted octanol–water partition coefficient (Wildman–Crippen LogP) is 7.32. The summed E-state index contributed by atoms with van der Waals surface area (Å²) in [6.45, 7) is -0.415. The second-order valence-corrected chi connectivity index (χ2v) is 9.55. The van der Waals surface area contributed by atoms with Crippen molar-refractivity contribution < 1.29 is 28.6 Å². The van der Waals surface area contributed by atoms with Crippen LogP contribution >= 0.6 is 15.9 Å². The summed E-state index contributed by atoms with van der Waals surface area (Å²) in [4.78, 5) is 36.3. The molecule has 0 aromatic heterocycles. The average Bonchev–Trinajstić information content (AvgIpc) is 2.96. The minimum absolute atomic E-state index is 0.0200. The molecule has 0 aliphatic heterocycles. The second-order valence-electron chi connectivity index (χ2n) is 8.63. The number of esters is 1. The van der Waals surface area contributed by atoms with E-state index in [0.29, 0.717) is 40.8 Å². The number of benzene rings is 4. The van der Waals surface area contributed by atoms with E-state index in [1.54, 1.807) is 48.5 Å². The first-order valence-corrected chi connectivity index (χ1v) is 13.3. The molecule has 0 spiro atoms. The van der Waals surface area contributed by atoms with Crippen LogP contribution in [-0.2, 0) is 19.1 Å². The van der Waals surface area contributed by atoms with Gasteiger partial charge in [0.1, 0.15) is 23.0 Å². The van der Waals surface area contributed by atoms with Gasteiger partial charge in [0, 0.05) is 28.7 Å². The fraction of sp³-hybridized carbons (Fsp3) is 0.129. The number of rotatable bonds is 12. The van der Waals surface area contributed by atoms with E-state index in [-0.39, 0.29) is 18.7 Å². The minimum atomic E-state index is -0.552. The molecule has 4 rings (SSSR count). The van der Waals surface area contributed by atoms with Gasteiger partial charge in [0.05, 0.1) is 0 Å². The molecular weight excluding hydrogens is 576 g/mol. The summed E-state index contributed by atoms with van der Waals surface area (Å²) in [6, 6.07) is 30.6. The third-order valence-electron chi connectivity index (χ3n) is 5.45. The topological polar surface area (TPSA) is 103 Å². The lowest BCUT2D eigenvalue weighted by Crippen LogP contribution is -2.21. The van der Waals surface area contributed by atoms with Crippen molar-refractivity contribution in [3.05, 3.63) is 108 Å². The van der Waals surface area contributed by atoms with Gasteiger partial charge in [-0.3, -0.25) is 14.4 Å². The Bertz CT molecular complexity index is 1410. The Hall–Kier alpha value is -4.63. The van der Waals surface area contributed by atoms with Gasteiger partial charge in [0.15, 0.2) is 6.61 Å². The Morgan fingerprint density at radius 3 is 1.60 bits per heavy atom. The molecule has 0 bridgehead atoms. The van der Waals surface area contributed by atoms with Crippen LogP contribution in [0.5, 0.6) is 23.0 Å². The van der Waals surface area contributed by atoms with Gasteiger partial charge in [-0.05, 0) is 91.3 Å². The molecule has 0 unspecified atom stereocenters. The Morgan fingerprint density at radius 2 is 1.05 bits per heavy atom. The van der Waals surface area contributed by atoms with E-state index in [4.69, 9.17) is 14.2 Å². The van der Waals surface area contributed by atoms with E-state index in [1.807, 2.05) is 54.6 Å². The van der Waals surface area contributed by atoms with Crippen LogP contribution < -0.4 is 20.1 Å². The number of hydrogen-bond donors (Lipinski definition) is 2. The molecule has 0 aliphatic carbocycles. The predicted molar refractivity (Wildman–Crippen MR) is 156 cm³/mol. The van der Waals surface area contributed by atoms with Crippen LogP contribution in [0, 0.1) is 0 Å². The summed E-state index contributed by atoms with van der Waals surface area (Å²) < 4.78 is 17.5. The van der Waals surface area contributed by atoms with Crippen LogP contribution in [0.25, 0.3) is 0 Å². The summed E-state index contributed by atoms with van der Waals surface area (Å²) in [5.74, 6) is 1.43. The highest BCUT2D eigenvalue weighted by atomic mass is 79.9. The van der Waals surface area contributed by atoms with Crippen LogP contribution in [-0.4, -0.2) is 24.4 Å². The zero-order valence-electron chi connectivity index (χ0n) is 21.5. The molecule has 40 heavy (non-hydrogen) atoms. The number of halogens is 1. The van der Waals surface area contributed by atoms with E-state index >= 15 is 0 Å². The Labute approximate surface area is 240 Å². The monoisotopic (exact) mass is 602 g/mol. The zero-order valence-corrected chi connectivity index (χ0v) is 23.1. The maximum Gasteiger partial charge on any atom is 0.306 e. The fourth-order valence-electron chi connectivity index (χ4n) is 3.51. The van der Waals surface area contributed by atoms with Crippen molar-refractivity contribution in [2.45, 2.75) is 19.3 Å². The first kappa shape index (κ1) is 28.4. The van der Waals surface area contributed by atoms with Crippen molar-refractivity contribution in [3.63, 3.8) is 0 Å². The highest BCUT2D eigenvalue weighted by Crippen LogP contribution is 2.25. The van der Waals surface area contributed by atoms with Crippen molar-refractivity contribution in [1.29, 1.82) is 0 Å². The first-order chi connectivity index (χ1) is 19.4. The van der Waals surface area contributed by atoms with Crippen LogP contribution in [0.4, 0.5) is 11.4 Å². The smallest absolute Gasteiger partial charge is 0.306 e. The fourth-order valence-corrected chi connectivity index (χ4v) is 3.77. The second kappa shape index (κ2) is 14.5. The number of carbonyl (C=O) groups excluding carboxylic acids is 3. The quantitative estimate of drug-likeness (QED) is 0.165. The first-order valence-electron chi connectivity index (χ1n) is 12.5. The number of anilines is 2. The van der Waals surface area contributed by atoms with Gasteiger partial charge in [-0.2, -0.15) is 0 Å². The third-order valence-corrected chi connectivity index (χ3v) is 5.98. The highest BCUT2D eigenvalue weighted by molar-refractivity contribution is 9.10. The van der Waals surface area contributed by atoms with E-state index < -0.39 is 18.5 Å². The normalized spacial score (nSPS) is 10.3. The third kappa shape index (κ3) is 9.59. The molecule has 9 heteroatoms. The van der Waals surface area contributed by atoms with Crippen molar-refractivity contribution in [3.8, 4) is 23.0 Å². The maximum atomic E-state index is 12.2. The van der Waals surface area contributed by atoms with Gasteiger partial charge in [0.25, 0.3) is 5.91 Å². The summed E-state index contributed by atoms with van der Waals surface area (Å²) in [6.07, 6.45) is 0.446. The van der Waals surface area contributed by atoms with Gasteiger partial charge in [-0.15, -0.1) is 0 Å². The molecule has 204 valence electrons. The summed E-state index contributed by atoms with van der Waals surface area (Å²) in [7, 11) is 0. The SMILES string of the molecule is O=C(CCCC(=O)OCC(=O)Nc1ccc(Oc2ccccc2)cc1)Nc1ccc(Oc2ccc(Br)cc2)cc1. The molecule has 2 amide bonds. The highest BCUT2D eigenvalue weighted by Gasteiger charge is 2.10. The molecule has 0 heterocycles. The van der Waals surface area contributed by atoms with Crippen molar-refractivity contribution >= 4 is 45.1 Å². The van der Waals surface area contributed by atoms with Crippen LogP contribution in [0.2, 0.25) is 0 Å². The lowest BCUT2D eigenvalue weighted by molar-refractivity contribution is -0.147. The number of carbonyl (C=O) groups is 3. The zero-order chi connectivity index (χ0) is 28.2. The largest absolute Gasteiger partial charge is 0.457 e. The lowest BCUT2D eigenvalue weighted by atomic mass is 10.2. The molecule has 0 saturated heterocycles. The standard InChI is InChI=1S/C31H27BrN2O6/c32-22-9-15-26(16-10-22)40-28-17-11-23(12-18-28)33-29(35)7-4-8-31(37)38-21-30(36)34-24-13-19-27(20-14-24)39-25-5-2-1-3-6-25/h1-3,5-6,9-20H,4,7-8,21H2,(H,33,35)(H,34,36). The minimum Gasteiger partial charge on any atom is -0.457 e. The van der Waals surface area contributed by atoms with Crippen LogP contribution in [0.15, 0.2) is 108 Å². The van der Waals surface area contributed by atoms with E-state index in [1.165, 1.54) is 0 Å². The van der Waals surface area contributed by atoms with Crippen molar-refractivity contribution in [2.75, 3.05) is 17.2 Å². The van der Waals surface area contributed by atoms with E-state index in [9.17, 15) is 14.4 Å². The average molecular weight is 603 g/mol. The summed E-state index contributed by atoms with van der Waals surface area (Å²) in [5, 5.41) is 5.45. The Morgan fingerprint density at radius 1 is 0.575 bits per heavy atom. The summed E-state index contributed by atoms with van der Waals surface area (Å²) in [5.41, 5.74) is 1.16. The number of hydrogen-bond acceptors (Lipinski definition) is 6. The molecule has 8 nitrogen and oxygen atoms in total. The Balaban J connectivity index is 1.10. The molecule has 2 N–H and O–H groups in total.